The Hall–Kier alpha value is -1.58. The molecule has 0 aliphatic rings. The largest absolute Gasteiger partial charge is 0.363 e. The molecule has 2 aromatic rings. The Morgan fingerprint density at radius 3 is 2.05 bits per heavy atom. The minimum absolute atomic E-state index is 0. The molecule has 0 amide bonds. The maximum absolute atomic E-state index is 13.1. The number of benzene rings is 2. The molecular weight excluding hydrogens is 299 g/mol. The Labute approximate surface area is 139 Å². The van der Waals surface area contributed by atoms with Gasteiger partial charge in [-0.2, -0.15) is 0 Å². The van der Waals surface area contributed by atoms with Crippen molar-refractivity contribution in [3.8, 4) is 0 Å². The van der Waals surface area contributed by atoms with Crippen LogP contribution < -0.4 is 4.90 Å². The molecule has 0 heterocycles. The summed E-state index contributed by atoms with van der Waals surface area (Å²) < 4.78 is 13.1. The number of anilines is 1. The average Bonchev–Trinajstić information content (AvgIpc) is 2.49. The highest BCUT2D eigenvalue weighted by molar-refractivity contribution is 5.85. The van der Waals surface area contributed by atoms with E-state index in [1.165, 1.54) is 17.8 Å². The molecule has 4 heteroatoms. The van der Waals surface area contributed by atoms with Crippen molar-refractivity contribution in [3.05, 3.63) is 66.0 Å². The van der Waals surface area contributed by atoms with Crippen molar-refractivity contribution >= 4 is 18.1 Å². The minimum atomic E-state index is -0.189. The molecule has 0 saturated heterocycles. The van der Waals surface area contributed by atoms with Crippen molar-refractivity contribution in [3.63, 3.8) is 0 Å². The van der Waals surface area contributed by atoms with E-state index in [-0.39, 0.29) is 24.3 Å². The normalized spacial score (nSPS) is 11.9. The van der Waals surface area contributed by atoms with Crippen molar-refractivity contribution in [1.82, 2.24) is 4.90 Å². The summed E-state index contributed by atoms with van der Waals surface area (Å²) in [7, 11) is 4.15. The lowest BCUT2D eigenvalue weighted by atomic mass is 10.1. The second-order valence-corrected chi connectivity index (χ2v) is 5.56. The third kappa shape index (κ3) is 5.00. The van der Waals surface area contributed by atoms with Gasteiger partial charge in [0.1, 0.15) is 5.82 Å². The molecule has 0 bridgehead atoms. The molecule has 0 aliphatic carbocycles. The van der Waals surface area contributed by atoms with Gasteiger partial charge in [0.25, 0.3) is 0 Å². The fraction of sp³-hybridized carbons (Fsp3) is 0.333. The fourth-order valence-electron chi connectivity index (χ4n) is 2.39. The van der Waals surface area contributed by atoms with Crippen LogP contribution in [0.2, 0.25) is 0 Å². The molecule has 2 nitrogen and oxygen atoms in total. The number of rotatable bonds is 6. The standard InChI is InChI=1S/C18H23FN2.ClH/c1-15(16-9-11-17(19)12-10-16)21(14-13-20(2)3)18-7-5-4-6-8-18;/h4-12,15H,13-14H2,1-3H3;1H. The third-order valence-corrected chi connectivity index (χ3v) is 3.70. The molecule has 1 unspecified atom stereocenters. The van der Waals surface area contributed by atoms with Crippen LogP contribution in [0.3, 0.4) is 0 Å². The predicted molar refractivity (Wildman–Crippen MR) is 94.4 cm³/mol. The predicted octanol–water partition coefficient (Wildman–Crippen LogP) is 4.38. The summed E-state index contributed by atoms with van der Waals surface area (Å²) in [6, 6.07) is 17.4. The lowest BCUT2D eigenvalue weighted by Gasteiger charge is -2.32. The Morgan fingerprint density at radius 2 is 1.50 bits per heavy atom. The number of para-hydroxylation sites is 1. The molecule has 120 valence electrons. The van der Waals surface area contributed by atoms with Gasteiger partial charge in [-0.05, 0) is 50.8 Å². The summed E-state index contributed by atoms with van der Waals surface area (Å²) in [6.45, 7) is 4.06. The monoisotopic (exact) mass is 322 g/mol. The first kappa shape index (κ1) is 18.5. The van der Waals surface area contributed by atoms with Gasteiger partial charge in [-0.1, -0.05) is 30.3 Å². The topological polar surface area (TPSA) is 6.48 Å². The fourth-order valence-corrected chi connectivity index (χ4v) is 2.39. The van der Waals surface area contributed by atoms with E-state index in [4.69, 9.17) is 0 Å². The molecule has 2 aromatic carbocycles. The average molecular weight is 323 g/mol. The molecule has 1 atom stereocenters. The first-order chi connectivity index (χ1) is 10.1. The number of hydrogen-bond donors (Lipinski definition) is 0. The summed E-state index contributed by atoms with van der Waals surface area (Å²) in [5, 5.41) is 0. The molecule has 0 aromatic heterocycles. The van der Waals surface area contributed by atoms with E-state index >= 15 is 0 Å². The summed E-state index contributed by atoms with van der Waals surface area (Å²) in [5.41, 5.74) is 2.31. The number of hydrogen-bond acceptors (Lipinski definition) is 2. The maximum atomic E-state index is 13.1. The third-order valence-electron chi connectivity index (χ3n) is 3.70. The molecule has 2 rings (SSSR count). The van der Waals surface area contributed by atoms with Gasteiger partial charge in [0.2, 0.25) is 0 Å². The van der Waals surface area contributed by atoms with Crippen LogP contribution in [0.15, 0.2) is 54.6 Å². The Morgan fingerprint density at radius 1 is 0.909 bits per heavy atom. The van der Waals surface area contributed by atoms with Crippen LogP contribution in [0, 0.1) is 5.82 Å². The van der Waals surface area contributed by atoms with Crippen LogP contribution in [0.25, 0.3) is 0 Å². The molecule has 0 fully saturated rings. The van der Waals surface area contributed by atoms with E-state index < -0.39 is 0 Å². The molecule has 0 N–H and O–H groups in total. The van der Waals surface area contributed by atoms with Crippen LogP contribution in [0.4, 0.5) is 10.1 Å². The van der Waals surface area contributed by atoms with Crippen LogP contribution in [-0.4, -0.2) is 32.1 Å². The first-order valence-corrected chi connectivity index (χ1v) is 7.30. The van der Waals surface area contributed by atoms with Crippen molar-refractivity contribution in [2.75, 3.05) is 32.1 Å². The Balaban J connectivity index is 0.00000242. The summed E-state index contributed by atoms with van der Waals surface area (Å²) >= 11 is 0. The highest BCUT2D eigenvalue weighted by Gasteiger charge is 2.16. The second kappa shape index (κ2) is 8.76. The van der Waals surface area contributed by atoms with E-state index in [9.17, 15) is 4.39 Å². The molecule has 22 heavy (non-hydrogen) atoms. The molecule has 0 aliphatic heterocycles. The smallest absolute Gasteiger partial charge is 0.123 e. The van der Waals surface area contributed by atoms with E-state index in [0.29, 0.717) is 0 Å². The second-order valence-electron chi connectivity index (χ2n) is 5.56. The van der Waals surface area contributed by atoms with Gasteiger partial charge in [0, 0.05) is 18.8 Å². The van der Waals surface area contributed by atoms with E-state index in [1.807, 2.05) is 18.2 Å². The number of halogens is 2. The SMILES string of the molecule is CC(c1ccc(F)cc1)N(CCN(C)C)c1ccccc1.Cl. The Kier molecular flexibility index (Phi) is 7.36. The molecule has 0 spiro atoms. The zero-order valence-electron chi connectivity index (χ0n) is 13.4. The minimum Gasteiger partial charge on any atom is -0.363 e. The number of nitrogens with zero attached hydrogens (tertiary/aromatic N) is 2. The molecular formula is C18H24ClFN2. The van der Waals surface area contributed by atoms with Gasteiger partial charge in [-0.15, -0.1) is 12.4 Å². The molecule has 0 saturated carbocycles. The van der Waals surface area contributed by atoms with Gasteiger partial charge < -0.3 is 9.80 Å². The van der Waals surface area contributed by atoms with Gasteiger partial charge >= 0.3 is 0 Å². The van der Waals surface area contributed by atoms with Crippen molar-refractivity contribution < 1.29 is 4.39 Å². The van der Waals surface area contributed by atoms with Crippen LogP contribution in [-0.2, 0) is 0 Å². The zero-order valence-corrected chi connectivity index (χ0v) is 14.2. The summed E-state index contributed by atoms with van der Waals surface area (Å²) in [6.07, 6.45) is 0. The molecule has 0 radical (unpaired) electrons. The van der Waals surface area contributed by atoms with E-state index in [0.717, 1.165) is 18.7 Å². The van der Waals surface area contributed by atoms with Gasteiger partial charge in [0.15, 0.2) is 0 Å². The van der Waals surface area contributed by atoms with Crippen LogP contribution >= 0.6 is 12.4 Å². The first-order valence-electron chi connectivity index (χ1n) is 7.30. The highest BCUT2D eigenvalue weighted by Crippen LogP contribution is 2.26. The van der Waals surface area contributed by atoms with Crippen LogP contribution in [0.1, 0.15) is 18.5 Å². The number of likely N-dealkylation sites (N-methyl/N-ethyl adjacent to an activating group) is 1. The quantitative estimate of drug-likeness (QED) is 0.779. The van der Waals surface area contributed by atoms with E-state index in [2.05, 4.69) is 55.1 Å². The lowest BCUT2D eigenvalue weighted by Crippen LogP contribution is -2.33. The summed E-state index contributed by atoms with van der Waals surface area (Å²) in [4.78, 5) is 4.53. The van der Waals surface area contributed by atoms with Gasteiger partial charge in [-0.25, -0.2) is 4.39 Å². The maximum Gasteiger partial charge on any atom is 0.123 e. The van der Waals surface area contributed by atoms with E-state index in [1.54, 1.807) is 0 Å². The van der Waals surface area contributed by atoms with Crippen molar-refractivity contribution in [1.29, 1.82) is 0 Å². The van der Waals surface area contributed by atoms with Crippen molar-refractivity contribution in [2.24, 2.45) is 0 Å². The highest BCUT2D eigenvalue weighted by atomic mass is 35.5. The van der Waals surface area contributed by atoms with Gasteiger partial charge in [0.05, 0.1) is 6.04 Å². The van der Waals surface area contributed by atoms with Gasteiger partial charge in [-0.3, -0.25) is 0 Å². The Bertz CT molecular complexity index is 543. The zero-order chi connectivity index (χ0) is 15.2. The summed E-state index contributed by atoms with van der Waals surface area (Å²) in [5.74, 6) is -0.189. The van der Waals surface area contributed by atoms with Crippen molar-refractivity contribution in [2.45, 2.75) is 13.0 Å². The lowest BCUT2D eigenvalue weighted by molar-refractivity contribution is 0.407. The van der Waals surface area contributed by atoms with Crippen LogP contribution in [0.5, 0.6) is 0 Å².